The molecule has 3 aliphatic rings. The summed E-state index contributed by atoms with van der Waals surface area (Å²) in [4.78, 5) is 50.6. The molecule has 6 atom stereocenters. The van der Waals surface area contributed by atoms with Crippen LogP contribution in [0.1, 0.15) is 39.5 Å². The molecule has 0 aromatic rings. The Morgan fingerprint density at radius 1 is 1.19 bits per heavy atom. The van der Waals surface area contributed by atoms with Crippen molar-refractivity contribution in [3.8, 4) is 6.07 Å². The number of carbonyl (C=O) groups excluding carboxylic acids is 4. The largest absolute Gasteiger partial charge is 0.471 e. The lowest BCUT2D eigenvalue weighted by atomic mass is 9.97. The van der Waals surface area contributed by atoms with E-state index in [1.165, 1.54) is 5.32 Å². The van der Waals surface area contributed by atoms with Gasteiger partial charge in [0, 0.05) is 25.4 Å². The molecule has 2 heterocycles. The van der Waals surface area contributed by atoms with E-state index in [0.29, 0.717) is 13.0 Å². The van der Waals surface area contributed by atoms with Crippen molar-refractivity contribution in [1.29, 1.82) is 5.26 Å². The molecule has 4 amide bonds. The van der Waals surface area contributed by atoms with Crippen molar-refractivity contribution in [2.75, 3.05) is 13.1 Å². The standard InChI is InChI=1S/C22H27F6N5O4/c1-20(2)12-9-33(18(36)13(3-5-21(23,24)25)32-19(37)22(26,27)28)15(14(12)20)17(35)31-11(8-29)7-10-4-6-30-16(10)34/h10-15H,3-7,9H2,1-2H3,(H,30,34)(H,31,35)(H,32,37)/t10-,11-,12-,13-,14-,15-/m0/s1. The lowest BCUT2D eigenvalue weighted by molar-refractivity contribution is -0.176. The third-order valence-corrected chi connectivity index (χ3v) is 7.49. The number of halogens is 6. The minimum Gasteiger partial charge on any atom is -0.356 e. The summed E-state index contributed by atoms with van der Waals surface area (Å²) in [5.74, 6) is -6.11. The summed E-state index contributed by atoms with van der Waals surface area (Å²) in [6.07, 6.45) is -12.6. The second-order valence-corrected chi connectivity index (χ2v) is 10.3. The fourth-order valence-corrected chi connectivity index (χ4v) is 5.37. The van der Waals surface area contributed by atoms with Crippen LogP contribution in [-0.2, 0) is 19.2 Å². The van der Waals surface area contributed by atoms with E-state index in [9.17, 15) is 50.8 Å². The molecule has 3 fully saturated rings. The lowest BCUT2D eigenvalue weighted by Crippen LogP contribution is -2.58. The third kappa shape index (κ3) is 6.27. The van der Waals surface area contributed by atoms with E-state index in [4.69, 9.17) is 0 Å². The lowest BCUT2D eigenvalue weighted by Gasteiger charge is -2.33. The maximum atomic E-state index is 13.2. The van der Waals surface area contributed by atoms with E-state index in [0.717, 1.165) is 4.90 Å². The Hall–Kier alpha value is -3.05. The molecular formula is C22H27F6N5O4. The number of nitriles is 1. The maximum absolute atomic E-state index is 13.2. The molecule has 3 rings (SSSR count). The van der Waals surface area contributed by atoms with Crippen molar-refractivity contribution in [3.05, 3.63) is 0 Å². The number of likely N-dealkylation sites (tertiary alicyclic amines) is 1. The zero-order valence-corrected chi connectivity index (χ0v) is 20.0. The van der Waals surface area contributed by atoms with E-state index < -0.39 is 78.3 Å². The Balaban J connectivity index is 1.79. The smallest absolute Gasteiger partial charge is 0.356 e. The molecule has 0 spiro atoms. The van der Waals surface area contributed by atoms with Crippen LogP contribution in [0.15, 0.2) is 0 Å². The fraction of sp³-hybridized carbons (Fsp3) is 0.773. The fourth-order valence-electron chi connectivity index (χ4n) is 5.37. The molecule has 2 aliphatic heterocycles. The average Bonchev–Trinajstić information content (AvgIpc) is 3.14. The molecule has 9 nitrogen and oxygen atoms in total. The Morgan fingerprint density at radius 2 is 1.84 bits per heavy atom. The second kappa shape index (κ2) is 10.0. The van der Waals surface area contributed by atoms with Crippen LogP contribution in [-0.4, -0.2) is 72.1 Å². The highest BCUT2D eigenvalue weighted by atomic mass is 19.4. The highest BCUT2D eigenvalue weighted by Crippen LogP contribution is 2.65. The minimum atomic E-state index is -5.44. The van der Waals surface area contributed by atoms with Gasteiger partial charge >= 0.3 is 18.3 Å². The molecule has 0 aromatic heterocycles. The molecule has 2 saturated heterocycles. The van der Waals surface area contributed by atoms with Crippen molar-refractivity contribution < 1.29 is 45.5 Å². The van der Waals surface area contributed by atoms with Crippen molar-refractivity contribution in [3.63, 3.8) is 0 Å². The Labute approximate surface area is 208 Å². The Bertz CT molecular complexity index is 992. The molecule has 0 unspecified atom stereocenters. The van der Waals surface area contributed by atoms with Gasteiger partial charge in [-0.1, -0.05) is 13.8 Å². The summed E-state index contributed by atoms with van der Waals surface area (Å²) < 4.78 is 76.8. The molecule has 0 radical (unpaired) electrons. The highest BCUT2D eigenvalue weighted by molar-refractivity contribution is 5.94. The summed E-state index contributed by atoms with van der Waals surface area (Å²) in [5.41, 5.74) is -0.442. The zero-order chi connectivity index (χ0) is 27.9. The minimum absolute atomic E-state index is 0.00206. The summed E-state index contributed by atoms with van der Waals surface area (Å²) >= 11 is 0. The first-order valence-electron chi connectivity index (χ1n) is 11.7. The van der Waals surface area contributed by atoms with Gasteiger partial charge in [-0.15, -0.1) is 0 Å². The topological polar surface area (TPSA) is 131 Å². The van der Waals surface area contributed by atoms with Gasteiger partial charge in [0.05, 0.1) is 6.07 Å². The van der Waals surface area contributed by atoms with Crippen molar-refractivity contribution >= 4 is 23.6 Å². The van der Waals surface area contributed by atoms with Crippen LogP contribution in [0.2, 0.25) is 0 Å². The number of fused-ring (bicyclic) bond motifs is 1. The van der Waals surface area contributed by atoms with Crippen molar-refractivity contribution in [2.24, 2.45) is 23.2 Å². The van der Waals surface area contributed by atoms with Crippen LogP contribution in [0, 0.1) is 34.5 Å². The molecule has 206 valence electrons. The first-order chi connectivity index (χ1) is 17.0. The molecular weight excluding hydrogens is 512 g/mol. The van der Waals surface area contributed by atoms with Gasteiger partial charge in [0.1, 0.15) is 18.1 Å². The first-order valence-corrected chi connectivity index (χ1v) is 11.7. The van der Waals surface area contributed by atoms with Crippen LogP contribution in [0.3, 0.4) is 0 Å². The number of hydrogen-bond acceptors (Lipinski definition) is 5. The Kier molecular flexibility index (Phi) is 7.72. The predicted octanol–water partition coefficient (Wildman–Crippen LogP) is 1.39. The van der Waals surface area contributed by atoms with Gasteiger partial charge in [0.15, 0.2) is 0 Å². The number of piperidine rings is 1. The van der Waals surface area contributed by atoms with Crippen LogP contribution in [0.5, 0.6) is 0 Å². The van der Waals surface area contributed by atoms with E-state index in [1.54, 1.807) is 0 Å². The zero-order valence-electron chi connectivity index (χ0n) is 20.0. The monoisotopic (exact) mass is 539 g/mol. The normalized spacial score (nSPS) is 28.0. The number of carbonyl (C=O) groups is 4. The first kappa shape index (κ1) is 28.5. The van der Waals surface area contributed by atoms with Crippen LogP contribution in [0.4, 0.5) is 26.3 Å². The number of nitrogens with zero attached hydrogens (tertiary/aromatic N) is 2. The van der Waals surface area contributed by atoms with Crippen LogP contribution < -0.4 is 16.0 Å². The molecule has 0 aromatic carbocycles. The van der Waals surface area contributed by atoms with Crippen molar-refractivity contribution in [1.82, 2.24) is 20.9 Å². The molecule has 37 heavy (non-hydrogen) atoms. The number of rotatable bonds is 8. The molecule has 0 bridgehead atoms. The van der Waals surface area contributed by atoms with E-state index in [-0.39, 0.29) is 24.8 Å². The van der Waals surface area contributed by atoms with Crippen molar-refractivity contribution in [2.45, 2.75) is 70.0 Å². The SMILES string of the molecule is CC1(C)[C@@H]2[C@@H](C(=O)N[C@H](C#N)C[C@@H]3CCNC3=O)N(C(=O)[C@H](CCC(F)(F)F)NC(=O)C(F)(F)F)C[C@@H]21. The maximum Gasteiger partial charge on any atom is 0.471 e. The predicted molar refractivity (Wildman–Crippen MR) is 113 cm³/mol. The van der Waals surface area contributed by atoms with E-state index in [1.807, 2.05) is 19.9 Å². The molecule has 1 aliphatic carbocycles. The van der Waals surface area contributed by atoms with Gasteiger partial charge < -0.3 is 20.9 Å². The molecule has 3 N–H and O–H groups in total. The van der Waals surface area contributed by atoms with Gasteiger partial charge in [-0.3, -0.25) is 19.2 Å². The summed E-state index contributed by atoms with van der Waals surface area (Å²) in [7, 11) is 0. The third-order valence-electron chi connectivity index (χ3n) is 7.49. The summed E-state index contributed by atoms with van der Waals surface area (Å²) in [6.45, 7) is 3.92. The molecule has 1 saturated carbocycles. The quantitative estimate of drug-likeness (QED) is 0.402. The number of amides is 4. The Morgan fingerprint density at radius 3 is 2.35 bits per heavy atom. The number of alkyl halides is 6. The number of nitrogens with one attached hydrogen (secondary N) is 3. The molecule has 15 heteroatoms. The summed E-state index contributed by atoms with van der Waals surface area (Å²) in [6, 6.07) is -2.66. The summed E-state index contributed by atoms with van der Waals surface area (Å²) in [5, 5.41) is 15.9. The highest BCUT2D eigenvalue weighted by Gasteiger charge is 2.69. The van der Waals surface area contributed by atoms with Gasteiger partial charge in [0.25, 0.3) is 0 Å². The van der Waals surface area contributed by atoms with E-state index in [2.05, 4.69) is 10.6 Å². The average molecular weight is 539 g/mol. The van der Waals surface area contributed by atoms with E-state index >= 15 is 0 Å². The van der Waals surface area contributed by atoms with Crippen LogP contribution in [0.25, 0.3) is 0 Å². The number of hydrogen-bond donors (Lipinski definition) is 3. The van der Waals surface area contributed by atoms with Gasteiger partial charge in [0.2, 0.25) is 17.7 Å². The van der Waals surface area contributed by atoms with Gasteiger partial charge in [-0.2, -0.15) is 31.6 Å². The van der Waals surface area contributed by atoms with Crippen LogP contribution >= 0.6 is 0 Å². The second-order valence-electron chi connectivity index (χ2n) is 10.3. The van der Waals surface area contributed by atoms with Gasteiger partial charge in [-0.25, -0.2) is 0 Å². The van der Waals surface area contributed by atoms with Gasteiger partial charge in [-0.05, 0) is 36.5 Å².